The molecule has 290 valence electrons. The summed E-state index contributed by atoms with van der Waals surface area (Å²) in [6.45, 7) is 4.70. The second-order valence-corrected chi connectivity index (χ2v) is 18.4. The summed E-state index contributed by atoms with van der Waals surface area (Å²) in [6, 6.07) is 67.0. The van der Waals surface area contributed by atoms with E-state index in [2.05, 4.69) is 205 Å². The van der Waals surface area contributed by atoms with Gasteiger partial charge in [0.25, 0.3) is 0 Å². The van der Waals surface area contributed by atoms with E-state index in [0.717, 1.165) is 44.3 Å². The number of nitrogens with zero attached hydrogens (tertiary/aromatic N) is 4. The Balaban J connectivity index is 0.996. The minimum absolute atomic E-state index is 0.0474. The van der Waals surface area contributed by atoms with E-state index in [1.54, 1.807) is 11.8 Å². The Morgan fingerprint density at radius 3 is 2.08 bits per heavy atom. The summed E-state index contributed by atoms with van der Waals surface area (Å²) in [6.07, 6.45) is 0. The molecule has 14 rings (SSSR count). The van der Waals surface area contributed by atoms with Crippen LogP contribution in [0.1, 0.15) is 25.0 Å². The topological polar surface area (TPSA) is 35.6 Å². The molecule has 0 radical (unpaired) electrons. The van der Waals surface area contributed by atoms with E-state index < -0.39 is 0 Å². The van der Waals surface area contributed by atoms with Crippen molar-refractivity contribution in [2.24, 2.45) is 0 Å². The lowest BCUT2D eigenvalue weighted by Crippen LogP contribution is -2.14. The Bertz CT molecular complexity index is 3940. The van der Waals surface area contributed by atoms with Crippen LogP contribution in [0.4, 0.5) is 0 Å². The average Bonchev–Trinajstić information content (AvgIpc) is 3.91. The number of benzene rings is 9. The molecule has 0 atom stereocenters. The summed E-state index contributed by atoms with van der Waals surface area (Å²) < 4.78 is 4.74. The first-order chi connectivity index (χ1) is 30.5. The third-order valence-electron chi connectivity index (χ3n) is 13.7. The SMILES string of the molecule is CC1(C)c2ccccc2-c2cc(-n3c4ccc(-c5ccc6c7ccccc7n(-c7nc8c9c(cccc9n7)Sc7ccccc7-8)c6c5)cc4c4c5ccccc5ccc43)ccc21. The minimum atomic E-state index is -0.0474. The van der Waals surface area contributed by atoms with Crippen LogP contribution in [0.5, 0.6) is 0 Å². The number of para-hydroxylation sites is 1. The van der Waals surface area contributed by atoms with Gasteiger partial charge in [-0.3, -0.25) is 4.57 Å². The number of hydrogen-bond donors (Lipinski definition) is 0. The van der Waals surface area contributed by atoms with Crippen molar-refractivity contribution in [3.05, 3.63) is 193 Å². The summed E-state index contributed by atoms with van der Waals surface area (Å²) >= 11 is 1.80. The zero-order valence-electron chi connectivity index (χ0n) is 34.0. The third kappa shape index (κ3) is 4.58. The van der Waals surface area contributed by atoms with Crippen LogP contribution in [0.25, 0.3) is 110 Å². The number of rotatable bonds is 3. The largest absolute Gasteiger partial charge is 0.309 e. The van der Waals surface area contributed by atoms with Gasteiger partial charge in [0.15, 0.2) is 0 Å². The Labute approximate surface area is 361 Å². The molecule has 62 heavy (non-hydrogen) atoms. The fraction of sp³-hybridized carbons (Fsp3) is 0.0526. The Morgan fingerprint density at radius 1 is 0.435 bits per heavy atom. The highest BCUT2D eigenvalue weighted by molar-refractivity contribution is 7.99. The molecule has 5 heteroatoms. The number of aromatic nitrogens is 4. The van der Waals surface area contributed by atoms with Crippen molar-refractivity contribution in [3.8, 4) is 45.1 Å². The molecule has 3 aromatic heterocycles. The van der Waals surface area contributed by atoms with Gasteiger partial charge in [0, 0.05) is 53.4 Å². The lowest BCUT2D eigenvalue weighted by atomic mass is 9.82. The van der Waals surface area contributed by atoms with E-state index in [0.29, 0.717) is 5.95 Å². The first-order valence-electron chi connectivity index (χ1n) is 21.3. The smallest absolute Gasteiger partial charge is 0.235 e. The third-order valence-corrected chi connectivity index (χ3v) is 14.9. The van der Waals surface area contributed by atoms with Crippen molar-refractivity contribution in [1.82, 2.24) is 19.1 Å². The molecule has 12 aromatic rings. The molecule has 4 nitrogen and oxygen atoms in total. The molecule has 9 aromatic carbocycles. The summed E-state index contributed by atoms with van der Waals surface area (Å²) in [5.41, 5.74) is 16.5. The molecule has 1 aliphatic carbocycles. The van der Waals surface area contributed by atoms with Crippen molar-refractivity contribution in [1.29, 1.82) is 0 Å². The van der Waals surface area contributed by atoms with E-state index in [4.69, 9.17) is 9.97 Å². The fourth-order valence-corrected chi connectivity index (χ4v) is 12.0. The van der Waals surface area contributed by atoms with Crippen LogP contribution in [-0.2, 0) is 5.41 Å². The summed E-state index contributed by atoms with van der Waals surface area (Å²) in [5, 5.41) is 8.48. The summed E-state index contributed by atoms with van der Waals surface area (Å²) in [7, 11) is 0. The van der Waals surface area contributed by atoms with Crippen molar-refractivity contribution in [2.45, 2.75) is 29.1 Å². The van der Waals surface area contributed by atoms with Crippen LogP contribution in [0.3, 0.4) is 0 Å². The maximum atomic E-state index is 5.43. The first kappa shape index (κ1) is 34.3. The highest BCUT2D eigenvalue weighted by Gasteiger charge is 2.35. The maximum absolute atomic E-state index is 5.43. The van der Waals surface area contributed by atoms with Crippen molar-refractivity contribution < 1.29 is 0 Å². The van der Waals surface area contributed by atoms with Gasteiger partial charge in [-0.2, -0.15) is 0 Å². The zero-order chi connectivity index (χ0) is 40.8. The van der Waals surface area contributed by atoms with Crippen LogP contribution in [0.15, 0.2) is 192 Å². The van der Waals surface area contributed by atoms with Gasteiger partial charge >= 0.3 is 0 Å². The number of fused-ring (bicyclic) bond motifs is 13. The predicted octanol–water partition coefficient (Wildman–Crippen LogP) is 15.1. The molecule has 0 saturated carbocycles. The van der Waals surface area contributed by atoms with E-state index in [9.17, 15) is 0 Å². The molecular formula is C57H36N4S. The van der Waals surface area contributed by atoms with Crippen molar-refractivity contribution in [2.75, 3.05) is 0 Å². The predicted molar refractivity (Wildman–Crippen MR) is 258 cm³/mol. The molecule has 0 unspecified atom stereocenters. The monoisotopic (exact) mass is 808 g/mol. The summed E-state index contributed by atoms with van der Waals surface area (Å²) in [5.74, 6) is 0.681. The Morgan fingerprint density at radius 2 is 1.15 bits per heavy atom. The fourth-order valence-electron chi connectivity index (χ4n) is 10.9. The van der Waals surface area contributed by atoms with Crippen molar-refractivity contribution in [3.63, 3.8) is 0 Å². The quantitative estimate of drug-likeness (QED) is 0.178. The van der Waals surface area contributed by atoms with Gasteiger partial charge in [0.1, 0.15) is 0 Å². The van der Waals surface area contributed by atoms with Crippen LogP contribution in [0.2, 0.25) is 0 Å². The van der Waals surface area contributed by atoms with Gasteiger partial charge in [-0.25, -0.2) is 9.97 Å². The highest BCUT2D eigenvalue weighted by atomic mass is 32.2. The van der Waals surface area contributed by atoms with Gasteiger partial charge in [0.05, 0.1) is 33.3 Å². The van der Waals surface area contributed by atoms with E-state index in [-0.39, 0.29) is 5.41 Å². The number of hydrogen-bond acceptors (Lipinski definition) is 3. The second-order valence-electron chi connectivity index (χ2n) is 17.4. The Hall–Kier alpha value is -7.47. The molecule has 0 spiro atoms. The van der Waals surface area contributed by atoms with Crippen LogP contribution in [0, 0.1) is 0 Å². The molecule has 0 saturated heterocycles. The van der Waals surface area contributed by atoms with Gasteiger partial charge in [-0.15, -0.1) is 0 Å². The molecule has 0 N–H and O–H groups in total. The summed E-state index contributed by atoms with van der Waals surface area (Å²) in [4.78, 5) is 13.2. The second kappa shape index (κ2) is 12.3. The zero-order valence-corrected chi connectivity index (χ0v) is 34.8. The average molecular weight is 809 g/mol. The van der Waals surface area contributed by atoms with Gasteiger partial charge in [-0.05, 0) is 105 Å². The molecule has 1 aliphatic heterocycles. The molecule has 0 bridgehead atoms. The van der Waals surface area contributed by atoms with Gasteiger partial charge in [-0.1, -0.05) is 147 Å². The normalized spacial score (nSPS) is 13.7. The molecule has 2 aliphatic rings. The van der Waals surface area contributed by atoms with Gasteiger partial charge < -0.3 is 4.57 Å². The standard InChI is InChI=1S/C57H36N4S/c1-57(2)44-17-8-5-14-38(44)42-32-36(25-27-45(42)57)60-48-28-24-34(30-43(48)53-37-13-4-3-12-33(37)23-29-49(53)60)35-22-26-40-39-15-6-9-19-47(39)61(50(40)31-35)56-58-46-18-11-21-52-54(46)55(59-56)41-16-7-10-20-51(41)62-52/h3-32H,1-2H3. The lowest BCUT2D eigenvalue weighted by Gasteiger charge is -2.21. The Kier molecular flexibility index (Phi) is 6.80. The maximum Gasteiger partial charge on any atom is 0.235 e. The van der Waals surface area contributed by atoms with Gasteiger partial charge in [0.2, 0.25) is 5.95 Å². The van der Waals surface area contributed by atoms with Crippen LogP contribution < -0.4 is 0 Å². The van der Waals surface area contributed by atoms with Crippen molar-refractivity contribution >= 4 is 77.0 Å². The molecule has 4 heterocycles. The minimum Gasteiger partial charge on any atom is -0.309 e. The van der Waals surface area contributed by atoms with Crippen LogP contribution in [-0.4, -0.2) is 19.1 Å². The van der Waals surface area contributed by atoms with E-state index in [1.807, 2.05) is 0 Å². The molecule has 0 amide bonds. The van der Waals surface area contributed by atoms with E-state index >= 15 is 0 Å². The van der Waals surface area contributed by atoms with Crippen LogP contribution >= 0.6 is 11.8 Å². The molecule has 0 fully saturated rings. The van der Waals surface area contributed by atoms with E-state index in [1.165, 1.54) is 81.1 Å². The highest BCUT2D eigenvalue weighted by Crippen LogP contribution is 2.50. The first-order valence-corrected chi connectivity index (χ1v) is 22.1. The lowest BCUT2D eigenvalue weighted by molar-refractivity contribution is 0.660. The molecular weight excluding hydrogens is 773 g/mol.